The van der Waals surface area contributed by atoms with E-state index in [4.69, 9.17) is 11.6 Å². The van der Waals surface area contributed by atoms with E-state index in [1.165, 1.54) is 6.26 Å². The Kier molecular flexibility index (Phi) is 4.15. The molecule has 1 aromatic rings. The maximum atomic E-state index is 11.5. The molecule has 0 fully saturated rings. The van der Waals surface area contributed by atoms with Crippen molar-refractivity contribution in [1.82, 2.24) is 4.98 Å². The normalized spacial score (nSPS) is 13.5. The maximum Gasteiger partial charge on any atom is 0.179 e. The van der Waals surface area contributed by atoms with Crippen LogP contribution in [0.5, 0.6) is 0 Å². The molecule has 0 amide bonds. The molecule has 0 radical (unpaired) electrons. The third-order valence-electron chi connectivity index (χ3n) is 2.04. The Bertz CT molecular complexity index is 460. The summed E-state index contributed by atoms with van der Waals surface area (Å²) >= 11 is 5.87. The van der Waals surface area contributed by atoms with Gasteiger partial charge in [-0.05, 0) is 19.1 Å². The summed E-state index contributed by atoms with van der Waals surface area (Å²) in [5.41, 5.74) is 0. The molecule has 16 heavy (non-hydrogen) atoms. The minimum absolute atomic E-state index is 0.0700. The zero-order chi connectivity index (χ0) is 12.3. The smallest absolute Gasteiger partial charge is 0.179 e. The summed E-state index contributed by atoms with van der Waals surface area (Å²) in [4.78, 5) is 6.06. The van der Waals surface area contributed by atoms with E-state index in [1.54, 1.807) is 30.3 Å². The van der Waals surface area contributed by atoms with Crippen LogP contribution in [0.15, 0.2) is 23.2 Å². The van der Waals surface area contributed by atoms with Crippen LogP contribution < -0.4 is 4.90 Å². The quantitative estimate of drug-likeness (QED) is 0.773. The molecule has 0 N–H and O–H groups in total. The van der Waals surface area contributed by atoms with Crippen LogP contribution in [0, 0.1) is 0 Å². The summed E-state index contributed by atoms with van der Waals surface area (Å²) in [6.07, 6.45) is 2.74. The molecular weight excluding hydrogens is 248 g/mol. The SMILES string of the molecule is CC(Cl)CN(C)c1ncccc1S(C)(=O)=O. The number of rotatable bonds is 4. The Hall–Kier alpha value is -0.810. The molecule has 0 aliphatic heterocycles. The molecular formula is C10H15ClN2O2S. The van der Waals surface area contributed by atoms with Crippen molar-refractivity contribution in [2.24, 2.45) is 0 Å². The molecule has 4 nitrogen and oxygen atoms in total. The predicted octanol–water partition coefficient (Wildman–Crippen LogP) is 1.55. The Morgan fingerprint density at radius 2 is 2.19 bits per heavy atom. The molecule has 0 aliphatic rings. The van der Waals surface area contributed by atoms with Gasteiger partial charge in [0, 0.05) is 31.4 Å². The van der Waals surface area contributed by atoms with Gasteiger partial charge in [-0.15, -0.1) is 11.6 Å². The van der Waals surface area contributed by atoms with Crippen LogP contribution in [0.1, 0.15) is 6.92 Å². The van der Waals surface area contributed by atoms with Gasteiger partial charge in [0.05, 0.1) is 0 Å². The fourth-order valence-corrected chi connectivity index (χ4v) is 2.50. The van der Waals surface area contributed by atoms with E-state index in [0.717, 1.165) is 0 Å². The van der Waals surface area contributed by atoms with Crippen LogP contribution in [0.25, 0.3) is 0 Å². The molecule has 0 bridgehead atoms. The second-order valence-corrected chi connectivity index (χ2v) is 6.49. The van der Waals surface area contributed by atoms with E-state index in [9.17, 15) is 8.42 Å². The third-order valence-corrected chi connectivity index (χ3v) is 3.29. The Morgan fingerprint density at radius 3 is 2.69 bits per heavy atom. The zero-order valence-electron chi connectivity index (χ0n) is 9.51. The molecule has 1 heterocycles. The molecule has 6 heteroatoms. The molecule has 1 aromatic heterocycles. The average Bonchev–Trinajstić information content (AvgIpc) is 2.15. The minimum Gasteiger partial charge on any atom is -0.357 e. The lowest BCUT2D eigenvalue weighted by Crippen LogP contribution is -2.26. The molecule has 0 saturated heterocycles. The second-order valence-electron chi connectivity index (χ2n) is 3.76. The van der Waals surface area contributed by atoms with Gasteiger partial charge in [0.15, 0.2) is 9.84 Å². The van der Waals surface area contributed by atoms with Crippen LogP contribution in [-0.2, 0) is 9.84 Å². The van der Waals surface area contributed by atoms with Crippen molar-refractivity contribution < 1.29 is 8.42 Å². The van der Waals surface area contributed by atoms with Gasteiger partial charge in [0.25, 0.3) is 0 Å². The highest BCUT2D eigenvalue weighted by molar-refractivity contribution is 7.90. The van der Waals surface area contributed by atoms with E-state index in [0.29, 0.717) is 12.4 Å². The first-order valence-corrected chi connectivity index (χ1v) is 7.15. The van der Waals surface area contributed by atoms with Gasteiger partial charge in [-0.1, -0.05) is 0 Å². The summed E-state index contributed by atoms with van der Waals surface area (Å²) in [7, 11) is -1.49. The van der Waals surface area contributed by atoms with Crippen molar-refractivity contribution in [2.75, 3.05) is 24.7 Å². The Balaban J connectivity index is 3.14. The standard InChI is InChI=1S/C10H15ClN2O2S/c1-8(11)7-13(2)10-9(16(3,14)15)5-4-6-12-10/h4-6,8H,7H2,1-3H3. The van der Waals surface area contributed by atoms with Gasteiger partial charge >= 0.3 is 0 Å². The van der Waals surface area contributed by atoms with Gasteiger partial charge in [0.2, 0.25) is 0 Å². The van der Waals surface area contributed by atoms with Gasteiger partial charge < -0.3 is 4.90 Å². The fourth-order valence-electron chi connectivity index (χ4n) is 1.42. The third kappa shape index (κ3) is 3.35. The first-order valence-electron chi connectivity index (χ1n) is 4.82. The largest absolute Gasteiger partial charge is 0.357 e. The number of hydrogen-bond acceptors (Lipinski definition) is 4. The van der Waals surface area contributed by atoms with Crippen molar-refractivity contribution in [2.45, 2.75) is 17.2 Å². The number of hydrogen-bond donors (Lipinski definition) is 0. The van der Waals surface area contributed by atoms with E-state index in [2.05, 4.69) is 4.98 Å². The van der Waals surface area contributed by atoms with Crippen molar-refractivity contribution >= 4 is 27.3 Å². The number of alkyl halides is 1. The van der Waals surface area contributed by atoms with E-state index in [-0.39, 0.29) is 10.3 Å². The van der Waals surface area contributed by atoms with Crippen molar-refractivity contribution in [3.63, 3.8) is 0 Å². The lowest BCUT2D eigenvalue weighted by Gasteiger charge is -2.21. The van der Waals surface area contributed by atoms with Gasteiger partial charge in [-0.2, -0.15) is 0 Å². The first kappa shape index (κ1) is 13.3. The number of sulfone groups is 1. The van der Waals surface area contributed by atoms with E-state index >= 15 is 0 Å². The fraction of sp³-hybridized carbons (Fsp3) is 0.500. The van der Waals surface area contributed by atoms with Crippen LogP contribution in [0.3, 0.4) is 0 Å². The summed E-state index contributed by atoms with van der Waals surface area (Å²) in [6.45, 7) is 2.39. The average molecular weight is 263 g/mol. The number of nitrogens with zero attached hydrogens (tertiary/aromatic N) is 2. The maximum absolute atomic E-state index is 11.5. The molecule has 0 aromatic carbocycles. The number of aromatic nitrogens is 1. The Labute approximate surface area is 101 Å². The monoisotopic (exact) mass is 262 g/mol. The van der Waals surface area contributed by atoms with Gasteiger partial charge in [-0.3, -0.25) is 0 Å². The molecule has 0 saturated carbocycles. The topological polar surface area (TPSA) is 50.3 Å². The molecule has 90 valence electrons. The second kappa shape index (κ2) is 5.01. The van der Waals surface area contributed by atoms with Gasteiger partial charge in [0.1, 0.15) is 10.7 Å². The van der Waals surface area contributed by atoms with Crippen molar-refractivity contribution in [3.8, 4) is 0 Å². The molecule has 1 unspecified atom stereocenters. The lowest BCUT2D eigenvalue weighted by molar-refractivity contribution is 0.601. The molecule has 0 aliphatic carbocycles. The predicted molar refractivity (Wildman–Crippen MR) is 65.9 cm³/mol. The molecule has 1 atom stereocenters. The summed E-state index contributed by atoms with van der Waals surface area (Å²) in [6, 6.07) is 3.16. The van der Waals surface area contributed by atoms with Crippen LogP contribution in [-0.4, -0.2) is 38.6 Å². The Morgan fingerprint density at radius 1 is 1.56 bits per heavy atom. The highest BCUT2D eigenvalue weighted by Gasteiger charge is 2.17. The number of pyridine rings is 1. The summed E-state index contributed by atoms with van der Waals surface area (Å²) in [5, 5.41) is -0.0700. The van der Waals surface area contributed by atoms with Gasteiger partial charge in [-0.25, -0.2) is 13.4 Å². The zero-order valence-corrected chi connectivity index (χ0v) is 11.1. The van der Waals surface area contributed by atoms with Crippen LogP contribution in [0.2, 0.25) is 0 Å². The van der Waals surface area contributed by atoms with E-state index < -0.39 is 9.84 Å². The minimum atomic E-state index is -3.26. The number of anilines is 1. The van der Waals surface area contributed by atoms with Crippen LogP contribution in [0.4, 0.5) is 5.82 Å². The summed E-state index contributed by atoms with van der Waals surface area (Å²) < 4.78 is 23.1. The van der Waals surface area contributed by atoms with Crippen LogP contribution >= 0.6 is 11.6 Å². The van der Waals surface area contributed by atoms with E-state index in [1.807, 2.05) is 6.92 Å². The first-order chi connectivity index (χ1) is 7.32. The summed E-state index contributed by atoms with van der Waals surface area (Å²) in [5.74, 6) is 0.442. The molecule has 0 spiro atoms. The lowest BCUT2D eigenvalue weighted by atomic mass is 10.4. The number of halogens is 1. The highest BCUT2D eigenvalue weighted by atomic mass is 35.5. The van der Waals surface area contributed by atoms with Crippen molar-refractivity contribution in [1.29, 1.82) is 0 Å². The highest BCUT2D eigenvalue weighted by Crippen LogP contribution is 2.21. The molecule has 1 rings (SSSR count). The van der Waals surface area contributed by atoms with Crippen molar-refractivity contribution in [3.05, 3.63) is 18.3 Å².